The minimum absolute atomic E-state index is 0.00126. The van der Waals surface area contributed by atoms with Crippen LogP contribution in [0.2, 0.25) is 0 Å². The number of benzene rings is 1. The van der Waals surface area contributed by atoms with Gasteiger partial charge in [0.05, 0.1) is 130 Å². The Morgan fingerprint density at radius 1 is 0.450 bits per heavy atom. The van der Waals surface area contributed by atoms with E-state index in [9.17, 15) is 88.7 Å². The summed E-state index contributed by atoms with van der Waals surface area (Å²) in [6.07, 6.45) is 0.0974. The van der Waals surface area contributed by atoms with Gasteiger partial charge in [-0.3, -0.25) is 4.79 Å². The number of pyridine rings is 4. The second kappa shape index (κ2) is 39.7. The number of halogens is 12. The molecule has 1 amide bonds. The molecule has 4 aliphatic heterocycles. The second-order valence-electron chi connectivity index (χ2n) is 31.5. The molecule has 16 heterocycles. The molecule has 12 aromatic heterocycles. The number of hydrogen-bond donors (Lipinski definition) is 10. The van der Waals surface area contributed by atoms with E-state index in [0.717, 1.165) is 113 Å². The summed E-state index contributed by atoms with van der Waals surface area (Å²) in [6.45, 7) is 12.9. The molecule has 17 rings (SSSR count). The highest BCUT2D eigenvalue weighted by Crippen LogP contribution is 2.42. The van der Waals surface area contributed by atoms with Crippen molar-refractivity contribution in [1.82, 2.24) is 89.5 Å². The number of rotatable bonds is 19. The lowest BCUT2D eigenvalue weighted by atomic mass is 9.90. The number of aromatic nitrogens is 16. The van der Waals surface area contributed by atoms with Gasteiger partial charge in [-0.2, -0.15) is 73.7 Å². The van der Waals surface area contributed by atoms with Crippen molar-refractivity contribution in [2.24, 2.45) is 17.8 Å². The van der Waals surface area contributed by atoms with Crippen LogP contribution in [0.3, 0.4) is 0 Å². The molecule has 4 saturated heterocycles. The molecule has 0 aliphatic carbocycles. The number of aromatic amines is 4. The first kappa shape index (κ1) is 92.9. The van der Waals surface area contributed by atoms with E-state index in [4.69, 9.17) is 9.47 Å². The number of fused-ring (bicyclic) bond motifs is 4. The number of aliphatic hydroxyl groups is 2. The van der Waals surface area contributed by atoms with Crippen LogP contribution in [-0.4, -0.2) is 210 Å². The van der Waals surface area contributed by atoms with Gasteiger partial charge in [-0.25, -0.2) is 59.8 Å². The monoisotopic (exact) mass is 1810 g/mol. The first-order chi connectivity index (χ1) is 62.7. The summed E-state index contributed by atoms with van der Waals surface area (Å²) in [5, 5.41) is 71.0. The van der Waals surface area contributed by atoms with Crippen molar-refractivity contribution in [3.05, 3.63) is 173 Å². The van der Waals surface area contributed by atoms with Gasteiger partial charge in [-0.05, 0) is 107 Å². The van der Waals surface area contributed by atoms with Crippen LogP contribution in [0.15, 0.2) is 123 Å². The van der Waals surface area contributed by atoms with Crippen molar-refractivity contribution in [2.75, 3.05) is 112 Å². The Kier molecular flexibility index (Phi) is 28.2. The Morgan fingerprint density at radius 3 is 1.11 bits per heavy atom. The number of H-pyrrole nitrogens is 4. The fourth-order valence-corrected chi connectivity index (χ4v) is 15.7. The number of alkyl halides is 12. The van der Waals surface area contributed by atoms with Gasteiger partial charge >= 0.3 is 24.7 Å². The number of likely N-dealkylation sites (tertiary alicyclic amines) is 1. The average molecular weight is 1810 g/mol. The van der Waals surface area contributed by atoms with Crippen molar-refractivity contribution in [1.29, 1.82) is 21.0 Å². The lowest BCUT2D eigenvalue weighted by Gasteiger charge is -2.34. The number of nitrogens with one attached hydrogen (secondary N) is 8. The highest BCUT2D eigenvalue weighted by molar-refractivity contribution is 5.97. The zero-order valence-electron chi connectivity index (χ0n) is 70.3. The maximum Gasteiger partial charge on any atom is 0.417 e. The number of anilines is 5. The summed E-state index contributed by atoms with van der Waals surface area (Å²) >= 11 is 0. The quantitative estimate of drug-likeness (QED) is 0.0336. The molecule has 10 N–H and O–H groups in total. The fourth-order valence-electron chi connectivity index (χ4n) is 15.7. The van der Waals surface area contributed by atoms with Crippen molar-refractivity contribution in [3.8, 4) is 69.3 Å². The van der Waals surface area contributed by atoms with E-state index in [-0.39, 0.29) is 168 Å². The number of likely N-dealkylation sites (N-methyl/N-ethyl adjacent to an activating group) is 1. The molecule has 5 atom stereocenters. The molecule has 0 spiro atoms. The van der Waals surface area contributed by atoms with Crippen LogP contribution in [0.4, 0.5) is 82.2 Å². The van der Waals surface area contributed by atoms with Crippen LogP contribution in [0.1, 0.15) is 109 Å². The van der Waals surface area contributed by atoms with E-state index in [1.807, 2.05) is 43.0 Å². The second-order valence-corrected chi connectivity index (χ2v) is 31.5. The van der Waals surface area contributed by atoms with Crippen molar-refractivity contribution >= 4 is 79.5 Å². The van der Waals surface area contributed by atoms with E-state index in [1.165, 1.54) is 55.3 Å². The molecule has 5 unspecified atom stereocenters. The molecule has 4 fully saturated rings. The van der Waals surface area contributed by atoms with E-state index in [2.05, 4.69) is 142 Å². The number of ether oxygens (including phenoxy) is 2. The molecule has 13 aromatic rings. The number of piperidine rings is 1. The molecule has 32 nitrogen and oxygen atoms in total. The highest BCUT2D eigenvalue weighted by Gasteiger charge is 2.38. The SMILES string of the molecule is CC(=O)N1CCC(C(C)Nc2ncc(C#N)c(-c3c[nH]c4ncc(C(F)(F)F)cc34)n2)CC1.CC(Nc1ncc(C#N)c(-c2c[nH]c3ncc(C(F)(F)F)cc23)n1)c1ccc(N2CCN(C)CC2)cc1.N#Cc1cnc(NC(CO)C2CCOC2)nc1-c1c[nH]c2ncc(C(F)(F)F)cc12.N#Cc1cnc(NC(CO)C2CCOCC2)nc1-c1c[nH]c2ncc(C(F)(F)F)cc12. The highest BCUT2D eigenvalue weighted by atomic mass is 19.4. The molecule has 4 aliphatic rings. The molecule has 0 saturated carbocycles. The zero-order chi connectivity index (χ0) is 93.2. The van der Waals surface area contributed by atoms with E-state index < -0.39 is 47.0 Å². The fraction of sp³-hybridized carbons (Fsp3) is 0.368. The molecular formula is C87H83F12N27O5. The summed E-state index contributed by atoms with van der Waals surface area (Å²) in [5.41, 5.74) is 2.26. The number of carbonyl (C=O) groups excluding carboxylic acids is 1. The van der Waals surface area contributed by atoms with Crippen molar-refractivity contribution < 1.29 is 77.2 Å². The maximum atomic E-state index is 13.3. The Hall–Kier alpha value is -14.3. The Bertz CT molecular complexity index is 6420. The van der Waals surface area contributed by atoms with Crippen LogP contribution in [-0.2, 0) is 39.0 Å². The predicted molar refractivity (Wildman–Crippen MR) is 455 cm³/mol. The Morgan fingerprint density at radius 2 is 0.786 bits per heavy atom. The smallest absolute Gasteiger partial charge is 0.394 e. The minimum atomic E-state index is -4.55. The van der Waals surface area contributed by atoms with Crippen LogP contribution in [0, 0.1) is 63.1 Å². The minimum Gasteiger partial charge on any atom is -0.394 e. The lowest BCUT2D eigenvalue weighted by Crippen LogP contribution is -2.44. The number of nitrogens with zero attached hydrogens (tertiary/aromatic N) is 19. The number of hydrogen-bond acceptors (Lipinski definition) is 27. The third kappa shape index (κ3) is 21.7. The van der Waals surface area contributed by atoms with Gasteiger partial charge in [0, 0.05) is 177 Å². The molecule has 680 valence electrons. The summed E-state index contributed by atoms with van der Waals surface area (Å²) in [6, 6.07) is 19.4. The molecule has 44 heteroatoms. The van der Waals surface area contributed by atoms with Gasteiger partial charge in [-0.15, -0.1) is 0 Å². The van der Waals surface area contributed by atoms with E-state index in [1.54, 1.807) is 6.92 Å². The first-order valence-electron chi connectivity index (χ1n) is 41.2. The van der Waals surface area contributed by atoms with Crippen LogP contribution >= 0.6 is 0 Å². The third-order valence-electron chi connectivity index (χ3n) is 23.1. The summed E-state index contributed by atoms with van der Waals surface area (Å²) in [5.74, 6) is 1.47. The Labute approximate surface area is 738 Å². The van der Waals surface area contributed by atoms with Gasteiger partial charge in [0.2, 0.25) is 29.7 Å². The normalized spacial score (nSPS) is 16.3. The van der Waals surface area contributed by atoms with Crippen LogP contribution in [0.25, 0.3) is 89.2 Å². The van der Waals surface area contributed by atoms with E-state index >= 15 is 0 Å². The number of aliphatic hydroxyl groups excluding tert-OH is 2. The van der Waals surface area contributed by atoms with Gasteiger partial charge in [-0.1, -0.05) is 12.1 Å². The zero-order valence-corrected chi connectivity index (χ0v) is 70.3. The van der Waals surface area contributed by atoms with Crippen molar-refractivity contribution in [2.45, 2.75) is 102 Å². The number of carbonyl (C=O) groups is 1. The molecule has 131 heavy (non-hydrogen) atoms. The number of amides is 1. The summed E-state index contributed by atoms with van der Waals surface area (Å²) < 4.78 is 169. The van der Waals surface area contributed by atoms with Gasteiger partial charge in [0.25, 0.3) is 0 Å². The lowest BCUT2D eigenvalue weighted by molar-refractivity contribution is -0.138. The third-order valence-corrected chi connectivity index (χ3v) is 23.1. The summed E-state index contributed by atoms with van der Waals surface area (Å²) in [7, 11) is 2.12. The average Bonchev–Trinajstić information content (AvgIpc) is 1.67. The van der Waals surface area contributed by atoms with E-state index in [0.29, 0.717) is 67.7 Å². The predicted octanol–water partition coefficient (Wildman–Crippen LogP) is 14.6. The molecular weight excluding hydrogens is 1730 g/mol. The van der Waals surface area contributed by atoms with Gasteiger partial charge < -0.3 is 75.6 Å². The Balaban J connectivity index is 0.000000141. The topological polar surface area (TPSA) is 447 Å². The standard InChI is InChI=1S/C26H25F3N8.C22H22F3N7O.C20H19F3N6O2.C19H17F3N6O2/c1-16(17-3-5-20(6-4-17)37-9-7-36(2)8-10-37)34-25-33-13-18(12-30)23(35-25)22-15-32-24-21(22)11-19(14-31-24)26(27,28)29;1-12(14-3-5-32(6-4-14)13(2)33)30-21-29-9-15(8-26)19(31-21)18-11-28-20-17(18)7-16(10-27-20)22(23,24)25;21-20(22,23)13-5-14-15(9-26-18(14)25-8-13)17-12(6-24)7-27-19(29-17)28-16(10-30)11-1-3-31-4-2-11;20-19(21,22)12-3-13-14(7-25-17(13)24-6-12)16-11(4-23)5-26-18(28-16)27-15(8-29)10-1-2-30-9-10/h3-6,11,13-16H,7-10H2,1-2H3,(H,31,32)(H,33,34,35);7,9-12,14H,3-6H2,1-2H3,(H,27,28)(H,29,30,31);5,7-9,11,16,30H,1-4,10H2,(H,25,26)(H,27,28,29);3,5-7,10,15,29H,1-2,8-9H2,(H,24,25)(H,26,27,28). The maximum absolute atomic E-state index is 13.3. The van der Waals surface area contributed by atoms with Crippen molar-refractivity contribution in [3.63, 3.8) is 0 Å². The van der Waals surface area contributed by atoms with Gasteiger partial charge in [0.15, 0.2) is 0 Å². The largest absolute Gasteiger partial charge is 0.417 e. The molecule has 0 radical (unpaired) electrons. The molecule has 1 aromatic carbocycles. The van der Waals surface area contributed by atoms with Crippen LogP contribution in [0.5, 0.6) is 0 Å². The number of piperazine rings is 1. The first-order valence-corrected chi connectivity index (χ1v) is 41.2. The summed E-state index contributed by atoms with van der Waals surface area (Å²) in [4.78, 5) is 79.2. The number of nitriles is 4. The van der Waals surface area contributed by atoms with Crippen LogP contribution < -0.4 is 26.2 Å². The molecule has 0 bridgehead atoms. The van der Waals surface area contributed by atoms with Gasteiger partial charge in [0.1, 0.15) is 46.9 Å².